The highest BCUT2D eigenvalue weighted by Crippen LogP contribution is 2.54. The average molecular weight is 1160 g/mol. The van der Waals surface area contributed by atoms with Gasteiger partial charge in [0, 0.05) is 98.9 Å². The number of hydrogen-bond donors (Lipinski definition) is 4. The van der Waals surface area contributed by atoms with Crippen molar-refractivity contribution in [2.45, 2.75) is 126 Å². The fourth-order valence-electron chi connectivity index (χ4n) is 13.8. The van der Waals surface area contributed by atoms with Crippen LogP contribution in [-0.2, 0) is 21.3 Å². The number of hydrogen-bond acceptors (Lipinski definition) is 18. The number of nitro benzene ring substituents is 1. The molecule has 20 nitrogen and oxygen atoms in total. The summed E-state index contributed by atoms with van der Waals surface area (Å²) in [5, 5.41) is 29.1. The number of aliphatic hydroxyl groups is 1. The molecule has 3 atom stereocenters. The van der Waals surface area contributed by atoms with Gasteiger partial charge in [0.05, 0.1) is 53.5 Å². The topological polar surface area (TPSA) is 230 Å². The second kappa shape index (κ2) is 22.5. The summed E-state index contributed by atoms with van der Waals surface area (Å²) in [6.07, 6.45) is 10.9. The van der Waals surface area contributed by atoms with Crippen molar-refractivity contribution < 1.29 is 42.2 Å². The zero-order valence-electron chi connectivity index (χ0n) is 47.3. The number of benzene rings is 2. The molecule has 22 heteroatoms. The first kappa shape index (κ1) is 55.9. The van der Waals surface area contributed by atoms with Gasteiger partial charge in [-0.25, -0.2) is 18.1 Å². The second-order valence-corrected chi connectivity index (χ2v) is 26.7. The molecule has 0 unspecified atom stereocenters. The number of piperidine rings is 1. The molecular weight excluding hydrogens is 1080 g/mol. The van der Waals surface area contributed by atoms with Gasteiger partial charge in [-0.1, -0.05) is 13.8 Å². The molecule has 4 N–H and O–H groups in total. The molecule has 6 aliphatic rings. The van der Waals surface area contributed by atoms with Crippen molar-refractivity contribution in [2.75, 3.05) is 81.8 Å². The van der Waals surface area contributed by atoms with Crippen molar-refractivity contribution in [1.29, 1.82) is 0 Å². The van der Waals surface area contributed by atoms with Crippen molar-refractivity contribution in [3.05, 3.63) is 110 Å². The molecule has 8 heterocycles. The molecule has 1 spiro atoms. The molecule has 0 bridgehead atoms. The minimum absolute atomic E-state index is 0.107. The Morgan fingerprint density at radius 3 is 2.55 bits per heavy atom. The Balaban J connectivity index is 0.792. The third kappa shape index (κ3) is 11.1. The van der Waals surface area contributed by atoms with Crippen molar-refractivity contribution >= 4 is 66.7 Å². The molecule has 2 aromatic carbocycles. The van der Waals surface area contributed by atoms with E-state index in [1.165, 1.54) is 22.6 Å². The first-order valence-electron chi connectivity index (χ1n) is 28.8. The van der Waals surface area contributed by atoms with Crippen LogP contribution in [0.15, 0.2) is 83.3 Å². The highest BCUT2D eigenvalue weighted by molar-refractivity contribution is 7.90. The number of carbonyl (C=O) groups is 1. The molecule has 2 saturated carbocycles. The number of aromatic nitrogens is 3. The Morgan fingerprint density at radius 2 is 1.79 bits per heavy atom. The van der Waals surface area contributed by atoms with E-state index in [2.05, 4.69) is 64.9 Å². The minimum atomic E-state index is -4.64. The van der Waals surface area contributed by atoms with Gasteiger partial charge >= 0.3 is 0 Å². The van der Waals surface area contributed by atoms with E-state index in [0.29, 0.717) is 85.5 Å². The van der Waals surface area contributed by atoms with Gasteiger partial charge in [0.1, 0.15) is 23.1 Å². The molecule has 1 amide bonds. The van der Waals surface area contributed by atoms with Crippen LogP contribution in [0.1, 0.15) is 117 Å². The number of pyridine rings is 2. The molecule has 3 saturated heterocycles. The smallest absolute Gasteiger partial charge is 0.293 e. The maximum Gasteiger partial charge on any atom is 0.293 e. The van der Waals surface area contributed by atoms with Gasteiger partial charge < -0.3 is 44.2 Å². The van der Waals surface area contributed by atoms with Gasteiger partial charge in [-0.3, -0.25) is 24.7 Å². The summed E-state index contributed by atoms with van der Waals surface area (Å²) < 4.78 is 54.4. The van der Waals surface area contributed by atoms with Gasteiger partial charge in [0.15, 0.2) is 5.75 Å². The van der Waals surface area contributed by atoms with Crippen LogP contribution in [0.2, 0.25) is 0 Å². The van der Waals surface area contributed by atoms with E-state index in [9.17, 15) is 28.4 Å². The van der Waals surface area contributed by atoms with Crippen LogP contribution in [-0.4, -0.2) is 140 Å². The maximum atomic E-state index is 14.8. The number of nitrogens with one attached hydrogen (secondary N) is 3. The predicted molar refractivity (Wildman–Crippen MR) is 315 cm³/mol. The average Bonchev–Trinajstić information content (AvgIpc) is 2.91. The first-order valence-corrected chi connectivity index (χ1v) is 31.2. The van der Waals surface area contributed by atoms with E-state index in [1.54, 1.807) is 20.3 Å². The number of amides is 1. The quantitative estimate of drug-likeness (QED) is 0.0522. The molecule has 6 aromatic rings. The van der Waals surface area contributed by atoms with Crippen molar-refractivity contribution in [2.24, 2.45) is 11.3 Å². The van der Waals surface area contributed by atoms with Gasteiger partial charge in [0.25, 0.3) is 27.5 Å². The van der Waals surface area contributed by atoms with Crippen molar-refractivity contribution in [1.82, 2.24) is 29.5 Å². The molecule has 4 aromatic heterocycles. The van der Waals surface area contributed by atoms with Gasteiger partial charge in [0.2, 0.25) is 5.88 Å². The summed E-state index contributed by atoms with van der Waals surface area (Å²) in [5.74, 6) is 1.21. The number of anilines is 4. The lowest BCUT2D eigenvalue weighted by atomic mass is 9.59. The number of H-pyrrole nitrogens is 1. The summed E-state index contributed by atoms with van der Waals surface area (Å²) in [5.41, 5.74) is 4.54. The van der Waals surface area contributed by atoms with Crippen molar-refractivity contribution in [3.8, 4) is 17.5 Å². The highest BCUT2D eigenvalue weighted by atomic mass is 32.2. The molecule has 0 radical (unpaired) electrons. The van der Waals surface area contributed by atoms with E-state index < -0.39 is 43.1 Å². The van der Waals surface area contributed by atoms with Crippen molar-refractivity contribution in [3.63, 3.8) is 0 Å². The molecule has 5 fully saturated rings. The fraction of sp³-hybridized carbons (Fsp3) is 0.517. The predicted octanol–water partition coefficient (Wildman–Crippen LogP) is 9.54. The fourth-order valence-corrected chi connectivity index (χ4v) is 15.7. The number of nitro groups is 1. The summed E-state index contributed by atoms with van der Waals surface area (Å²) in [6.45, 7) is 12.8. The van der Waals surface area contributed by atoms with Crippen LogP contribution in [0.5, 0.6) is 17.5 Å². The summed E-state index contributed by atoms with van der Waals surface area (Å²) in [4.78, 5) is 50.1. The Kier molecular flexibility index (Phi) is 15.4. The van der Waals surface area contributed by atoms with Crippen LogP contribution in [0.3, 0.4) is 0 Å². The normalized spacial score (nSPS) is 24.1. The molecule has 82 heavy (non-hydrogen) atoms. The second-order valence-electron chi connectivity index (χ2n) is 24.1. The van der Waals surface area contributed by atoms with Crippen LogP contribution < -0.4 is 34.0 Å². The summed E-state index contributed by atoms with van der Waals surface area (Å²) in [6, 6.07) is 18.0. The highest BCUT2D eigenvalue weighted by Gasteiger charge is 2.51. The van der Waals surface area contributed by atoms with E-state index in [1.807, 2.05) is 61.0 Å². The van der Waals surface area contributed by atoms with Crippen LogP contribution >= 0.6 is 11.3 Å². The van der Waals surface area contributed by atoms with Gasteiger partial charge in [-0.15, -0.1) is 11.3 Å². The summed E-state index contributed by atoms with van der Waals surface area (Å²) >= 11 is 1.86. The number of aromatic amines is 1. The number of piperazine rings is 1. The van der Waals surface area contributed by atoms with E-state index >= 15 is 0 Å². The Labute approximate surface area is 482 Å². The maximum absolute atomic E-state index is 14.8. The molecule has 436 valence electrons. The lowest BCUT2D eigenvalue weighted by molar-refractivity contribution is -0.384. The zero-order valence-corrected chi connectivity index (χ0v) is 48.9. The molecule has 12 rings (SSSR count). The minimum Gasteiger partial charge on any atom is -0.491 e. The lowest BCUT2D eigenvalue weighted by Crippen LogP contribution is -2.59. The van der Waals surface area contributed by atoms with Crippen LogP contribution in [0, 0.1) is 21.4 Å². The van der Waals surface area contributed by atoms with E-state index in [0.717, 1.165) is 100 Å². The number of fused-ring (bicyclic) bond motifs is 3. The summed E-state index contributed by atoms with van der Waals surface area (Å²) in [7, 11) is -1.39. The zero-order chi connectivity index (χ0) is 57.1. The van der Waals surface area contributed by atoms with Crippen LogP contribution in [0.4, 0.5) is 28.4 Å². The Bertz CT molecular complexity index is 3450. The van der Waals surface area contributed by atoms with Gasteiger partial charge in [-0.2, -0.15) is 4.98 Å². The van der Waals surface area contributed by atoms with Crippen LogP contribution in [0.25, 0.3) is 11.0 Å². The first-order chi connectivity index (χ1) is 39.5. The number of carbonyl (C=O) groups excluding carboxylic acids is 1. The third-order valence-corrected chi connectivity index (χ3v) is 20.9. The van der Waals surface area contributed by atoms with Gasteiger partial charge in [-0.05, 0) is 153 Å². The molecule has 4 aliphatic heterocycles. The number of nitrogens with zero attached hydrogens (tertiary/aromatic N) is 7. The number of methoxy groups -OCH3 is 2. The Morgan fingerprint density at radius 1 is 0.988 bits per heavy atom. The Hall–Kier alpha value is -6.56. The number of rotatable bonds is 16. The SMILES string of the molecule is COc1cc(CN2CCN(C3CC4(CCN(c5ccc(C(=O)NS(=O)(=O)c6ccc(NCC7CCC(C)(O)CC7)c([N+](=O)[O-])c6)c(N6c7cc8cc[nH]c8nc7O[C@H]7COCC[C@@H]76)c5)CC4)C3)[C@H](c3ccsc3C(C)C)C2)cnc1OC. The largest absolute Gasteiger partial charge is 0.491 e. The number of thiophene rings is 1. The molecule has 2 aliphatic carbocycles. The molecular formula is C60H74N10O10S2. The standard InChI is InChI=1S/C60H74N10O10S2/c1-37(2)54-44(14-25-81-54)51-35-66(34-39-26-52(77-4)58(78-5)63-33-39)22-23-68(51)42-30-60(31-42)17-20-67(21-18-60)41-6-8-45(48(28-41)69-47-13-24-79-36-53(47)80-57-50(69)27-40-12-19-61-55(40)64-57)56(71)65-82(75,76)43-7-9-46(49(29-43)70(73)74)62-32-38-10-15-59(3,72)16-11-38/h6-9,12,14,19,25-29,33,37-38,42,47,51,53,62,72H,10-11,13,15-18,20-24,30-32,34-36H2,1-5H3,(H,61,64)(H,65,71)/t38?,47-,51-,53-,59?/m0/s1. The number of sulfonamides is 1. The number of ether oxygens (including phenoxy) is 4. The lowest BCUT2D eigenvalue weighted by Gasteiger charge is -2.58. The van der Waals surface area contributed by atoms with E-state index in [-0.39, 0.29) is 34.7 Å². The monoisotopic (exact) mass is 1160 g/mol. The third-order valence-electron chi connectivity index (χ3n) is 18.4. The van der Waals surface area contributed by atoms with E-state index in [4.69, 9.17) is 23.9 Å².